The molecule has 5 nitrogen and oxygen atoms in total. The fraction of sp³-hybridized carbons (Fsp3) is 0.0500. The average molecular weight is 436 g/mol. The number of aliphatic imine (C=N–C) groups is 1. The molecule has 0 fully saturated rings. The second-order valence-electron chi connectivity index (χ2n) is 5.75. The lowest BCUT2D eigenvalue weighted by atomic mass is 10.2. The highest BCUT2D eigenvalue weighted by atomic mass is 35.5. The van der Waals surface area contributed by atoms with Crippen molar-refractivity contribution in [2.24, 2.45) is 4.99 Å². The van der Waals surface area contributed by atoms with E-state index in [2.05, 4.69) is 4.99 Å². The normalized spacial score (nSPS) is 11.0. The Morgan fingerprint density at radius 1 is 0.964 bits per heavy atom. The second kappa shape index (κ2) is 9.06. The van der Waals surface area contributed by atoms with Crippen LogP contribution < -0.4 is 4.74 Å². The van der Waals surface area contributed by atoms with Crippen LogP contribution in [0.1, 0.15) is 11.1 Å². The summed E-state index contributed by atoms with van der Waals surface area (Å²) in [5.74, 6) is 0.437. The zero-order valence-electron chi connectivity index (χ0n) is 14.3. The SMILES string of the molecule is O=[N+]([O-])c1ccc(N=Cc2cc(Cl)cc(Cl)c2OCc2ccc(Cl)cc2)cc1. The highest BCUT2D eigenvalue weighted by Gasteiger charge is 2.10. The molecule has 142 valence electrons. The summed E-state index contributed by atoms with van der Waals surface area (Å²) >= 11 is 18.3. The molecular formula is C20H13Cl3N2O3. The molecule has 0 amide bonds. The smallest absolute Gasteiger partial charge is 0.269 e. The zero-order valence-corrected chi connectivity index (χ0v) is 16.6. The van der Waals surface area contributed by atoms with Crippen molar-refractivity contribution in [2.45, 2.75) is 6.61 Å². The maximum Gasteiger partial charge on any atom is 0.269 e. The monoisotopic (exact) mass is 434 g/mol. The molecule has 28 heavy (non-hydrogen) atoms. The molecule has 8 heteroatoms. The maximum atomic E-state index is 10.7. The minimum absolute atomic E-state index is 0.00302. The molecule has 0 saturated carbocycles. The van der Waals surface area contributed by atoms with E-state index in [0.717, 1.165) is 5.56 Å². The van der Waals surface area contributed by atoms with Crippen LogP contribution in [0.4, 0.5) is 11.4 Å². The summed E-state index contributed by atoms with van der Waals surface area (Å²) in [4.78, 5) is 14.6. The Balaban J connectivity index is 1.83. The van der Waals surface area contributed by atoms with Gasteiger partial charge in [-0.2, -0.15) is 0 Å². The third kappa shape index (κ3) is 5.23. The van der Waals surface area contributed by atoms with Gasteiger partial charge in [-0.05, 0) is 42.0 Å². The summed E-state index contributed by atoms with van der Waals surface area (Å²) < 4.78 is 5.87. The molecule has 3 aromatic carbocycles. The van der Waals surface area contributed by atoms with Gasteiger partial charge in [0.1, 0.15) is 12.4 Å². The first-order valence-electron chi connectivity index (χ1n) is 8.07. The number of nitrogens with zero attached hydrogens (tertiary/aromatic N) is 2. The summed E-state index contributed by atoms with van der Waals surface area (Å²) in [5.41, 5.74) is 2.06. The van der Waals surface area contributed by atoms with Crippen LogP contribution in [0.3, 0.4) is 0 Å². The van der Waals surface area contributed by atoms with E-state index in [1.165, 1.54) is 12.1 Å². The molecule has 0 aliphatic rings. The summed E-state index contributed by atoms with van der Waals surface area (Å²) in [7, 11) is 0. The van der Waals surface area contributed by atoms with Gasteiger partial charge in [-0.15, -0.1) is 0 Å². The molecule has 0 aliphatic carbocycles. The number of benzene rings is 3. The molecule has 0 heterocycles. The van der Waals surface area contributed by atoms with Crippen molar-refractivity contribution in [2.75, 3.05) is 0 Å². The lowest BCUT2D eigenvalue weighted by Gasteiger charge is -2.12. The van der Waals surface area contributed by atoms with Gasteiger partial charge in [-0.3, -0.25) is 15.1 Å². The summed E-state index contributed by atoms with van der Waals surface area (Å²) in [6.45, 7) is 0.289. The number of nitro groups is 1. The van der Waals surface area contributed by atoms with Crippen LogP contribution in [-0.2, 0) is 6.61 Å². The Hall–Kier alpha value is -2.60. The number of hydrogen-bond donors (Lipinski definition) is 0. The number of nitro benzene ring substituents is 1. The number of rotatable bonds is 6. The van der Waals surface area contributed by atoms with Crippen molar-refractivity contribution in [3.05, 3.63) is 97.0 Å². The molecule has 0 aromatic heterocycles. The summed E-state index contributed by atoms with van der Waals surface area (Å²) in [5, 5.41) is 12.2. The Labute approximate surface area is 176 Å². The third-order valence-electron chi connectivity index (χ3n) is 3.75. The number of hydrogen-bond acceptors (Lipinski definition) is 4. The quantitative estimate of drug-likeness (QED) is 0.241. The van der Waals surface area contributed by atoms with Gasteiger partial charge in [0.25, 0.3) is 5.69 Å². The van der Waals surface area contributed by atoms with Gasteiger partial charge in [0.05, 0.1) is 15.6 Å². The van der Waals surface area contributed by atoms with E-state index in [9.17, 15) is 10.1 Å². The van der Waals surface area contributed by atoms with E-state index in [-0.39, 0.29) is 12.3 Å². The molecule has 0 saturated heterocycles. The van der Waals surface area contributed by atoms with Crippen molar-refractivity contribution in [3.8, 4) is 5.75 Å². The minimum Gasteiger partial charge on any atom is -0.487 e. The van der Waals surface area contributed by atoms with Gasteiger partial charge >= 0.3 is 0 Å². The first kappa shape index (κ1) is 20.1. The predicted octanol–water partition coefficient (Wildman–Crippen LogP) is 6.88. The standard InChI is InChI=1S/C20H13Cl3N2O3/c21-15-3-1-13(2-4-15)12-28-20-14(9-16(22)10-19(20)23)11-24-17-5-7-18(8-6-17)25(26)27/h1-11H,12H2. The minimum atomic E-state index is -0.465. The molecule has 0 radical (unpaired) electrons. The lowest BCUT2D eigenvalue weighted by molar-refractivity contribution is -0.384. The van der Waals surface area contributed by atoms with Crippen LogP contribution in [0.15, 0.2) is 65.7 Å². The van der Waals surface area contributed by atoms with Crippen LogP contribution in [0.25, 0.3) is 0 Å². The topological polar surface area (TPSA) is 64.7 Å². The lowest BCUT2D eigenvalue weighted by Crippen LogP contribution is -1.99. The fourth-order valence-corrected chi connectivity index (χ4v) is 3.06. The molecule has 0 N–H and O–H groups in total. The van der Waals surface area contributed by atoms with Crippen molar-refractivity contribution >= 4 is 52.4 Å². The number of non-ortho nitro benzene ring substituents is 1. The van der Waals surface area contributed by atoms with Gasteiger partial charge < -0.3 is 4.74 Å². The highest BCUT2D eigenvalue weighted by Crippen LogP contribution is 2.32. The van der Waals surface area contributed by atoms with Crippen molar-refractivity contribution < 1.29 is 9.66 Å². The van der Waals surface area contributed by atoms with Gasteiger partial charge in [0.15, 0.2) is 0 Å². The molecule has 0 atom stereocenters. The van der Waals surface area contributed by atoms with E-state index >= 15 is 0 Å². The molecule has 0 bridgehead atoms. The van der Waals surface area contributed by atoms with Gasteiger partial charge in [0, 0.05) is 34.0 Å². The maximum absolute atomic E-state index is 10.7. The Morgan fingerprint density at radius 2 is 1.64 bits per heavy atom. The summed E-state index contributed by atoms with van der Waals surface area (Å²) in [6, 6.07) is 16.4. The van der Waals surface area contributed by atoms with E-state index in [4.69, 9.17) is 39.5 Å². The average Bonchev–Trinajstić information content (AvgIpc) is 2.67. The van der Waals surface area contributed by atoms with E-state index in [1.807, 2.05) is 12.1 Å². The molecule has 0 spiro atoms. The molecule has 0 aliphatic heterocycles. The van der Waals surface area contributed by atoms with Crippen LogP contribution in [0.2, 0.25) is 15.1 Å². The van der Waals surface area contributed by atoms with Crippen molar-refractivity contribution in [1.29, 1.82) is 0 Å². The van der Waals surface area contributed by atoms with Crippen LogP contribution in [0, 0.1) is 10.1 Å². The Bertz CT molecular complexity index is 1020. The molecule has 0 unspecified atom stereocenters. The van der Waals surface area contributed by atoms with E-state index in [0.29, 0.717) is 32.1 Å². The largest absolute Gasteiger partial charge is 0.487 e. The van der Waals surface area contributed by atoms with Crippen LogP contribution >= 0.6 is 34.8 Å². The molecular weight excluding hydrogens is 423 g/mol. The van der Waals surface area contributed by atoms with Crippen molar-refractivity contribution in [1.82, 2.24) is 0 Å². The molecule has 3 aromatic rings. The fourth-order valence-electron chi connectivity index (χ4n) is 2.37. The van der Waals surface area contributed by atoms with E-state index in [1.54, 1.807) is 42.6 Å². The van der Waals surface area contributed by atoms with Crippen molar-refractivity contribution in [3.63, 3.8) is 0 Å². The summed E-state index contributed by atoms with van der Waals surface area (Å²) in [6.07, 6.45) is 1.55. The zero-order chi connectivity index (χ0) is 20.1. The number of ether oxygens (including phenoxy) is 1. The van der Waals surface area contributed by atoms with Crippen LogP contribution in [-0.4, -0.2) is 11.1 Å². The van der Waals surface area contributed by atoms with Crippen LogP contribution in [0.5, 0.6) is 5.75 Å². The third-order valence-corrected chi connectivity index (χ3v) is 4.50. The Kier molecular flexibility index (Phi) is 6.52. The first-order valence-corrected chi connectivity index (χ1v) is 9.20. The predicted molar refractivity (Wildman–Crippen MR) is 113 cm³/mol. The van der Waals surface area contributed by atoms with Gasteiger partial charge in [0.2, 0.25) is 0 Å². The first-order chi connectivity index (χ1) is 13.4. The highest BCUT2D eigenvalue weighted by molar-refractivity contribution is 6.36. The Morgan fingerprint density at radius 3 is 2.29 bits per heavy atom. The van der Waals surface area contributed by atoms with Gasteiger partial charge in [-0.1, -0.05) is 46.9 Å². The number of halogens is 3. The molecule has 3 rings (SSSR count). The van der Waals surface area contributed by atoms with Gasteiger partial charge in [-0.25, -0.2) is 0 Å². The van der Waals surface area contributed by atoms with E-state index < -0.39 is 4.92 Å². The second-order valence-corrected chi connectivity index (χ2v) is 7.03.